The van der Waals surface area contributed by atoms with Crippen LogP contribution in [0, 0.1) is 27.2 Å². The number of nitrogens with one attached hydrogen (secondary N) is 1. The largest absolute Gasteiger partial charge is 0.418 e. The summed E-state index contributed by atoms with van der Waals surface area (Å²) < 4.78 is 40.3. The van der Waals surface area contributed by atoms with Gasteiger partial charge in [-0.05, 0) is 40.5 Å². The highest BCUT2D eigenvalue weighted by atomic mass is 79.9. The van der Waals surface area contributed by atoms with Crippen LogP contribution in [0.2, 0.25) is 0 Å². The number of nitrogens with zero attached hydrogens (tertiary/aromatic N) is 2. The monoisotopic (exact) mass is 419 g/mol. The van der Waals surface area contributed by atoms with Gasteiger partial charge in [-0.25, -0.2) is 0 Å². The molecule has 0 amide bonds. The fraction of sp³-hybridized carbons (Fsp3) is 0.143. The van der Waals surface area contributed by atoms with Gasteiger partial charge in [-0.15, -0.1) is 0 Å². The first-order valence-electron chi connectivity index (χ1n) is 6.58. The molecule has 25 heavy (non-hydrogen) atoms. The summed E-state index contributed by atoms with van der Waals surface area (Å²) in [6, 6.07) is 5.38. The summed E-state index contributed by atoms with van der Waals surface area (Å²) in [7, 11) is 0. The zero-order valence-electron chi connectivity index (χ0n) is 12.4. The Balaban J connectivity index is 2.73. The summed E-state index contributed by atoms with van der Waals surface area (Å²) in [5.74, 6) is 0. The number of nitro benzene ring substituents is 2. The molecule has 0 saturated carbocycles. The SMILES string of the molecule is Cc1ccc(Nc2c([N+](=O)[O-])cc([N+](=O)[O-])cc2C(F)(F)F)c(Br)c1. The number of anilines is 2. The van der Waals surface area contributed by atoms with E-state index in [-0.39, 0.29) is 11.8 Å². The van der Waals surface area contributed by atoms with Crippen LogP contribution in [0.1, 0.15) is 11.1 Å². The second-order valence-electron chi connectivity index (χ2n) is 5.01. The first-order chi connectivity index (χ1) is 11.5. The van der Waals surface area contributed by atoms with Gasteiger partial charge < -0.3 is 5.32 Å². The molecule has 2 rings (SSSR count). The van der Waals surface area contributed by atoms with E-state index in [0.717, 1.165) is 5.56 Å². The highest BCUT2D eigenvalue weighted by molar-refractivity contribution is 9.10. The Kier molecular flexibility index (Phi) is 4.97. The van der Waals surface area contributed by atoms with Crippen molar-refractivity contribution in [2.75, 3.05) is 5.32 Å². The molecule has 7 nitrogen and oxygen atoms in total. The molecule has 0 bridgehead atoms. The van der Waals surface area contributed by atoms with Crippen LogP contribution in [-0.4, -0.2) is 9.85 Å². The summed E-state index contributed by atoms with van der Waals surface area (Å²) in [5, 5.41) is 24.3. The number of hydrogen-bond acceptors (Lipinski definition) is 5. The third-order valence-corrected chi connectivity index (χ3v) is 3.86. The summed E-state index contributed by atoms with van der Waals surface area (Å²) in [4.78, 5) is 19.8. The minimum Gasteiger partial charge on any atom is -0.348 e. The number of aryl methyl sites for hydroxylation is 1. The van der Waals surface area contributed by atoms with Crippen LogP contribution in [0.15, 0.2) is 34.8 Å². The molecule has 2 aromatic rings. The van der Waals surface area contributed by atoms with E-state index < -0.39 is 38.6 Å². The predicted molar refractivity (Wildman–Crippen MR) is 86.9 cm³/mol. The fourth-order valence-corrected chi connectivity index (χ4v) is 2.66. The lowest BCUT2D eigenvalue weighted by atomic mass is 10.1. The second-order valence-corrected chi connectivity index (χ2v) is 5.86. The highest BCUT2D eigenvalue weighted by Gasteiger charge is 2.39. The van der Waals surface area contributed by atoms with E-state index >= 15 is 0 Å². The van der Waals surface area contributed by atoms with Gasteiger partial charge in [0.1, 0.15) is 5.69 Å². The van der Waals surface area contributed by atoms with Crippen LogP contribution in [0.3, 0.4) is 0 Å². The van der Waals surface area contributed by atoms with Crippen LogP contribution < -0.4 is 5.32 Å². The Labute approximate surface area is 146 Å². The number of halogens is 4. The van der Waals surface area contributed by atoms with Gasteiger partial charge in [0.2, 0.25) is 0 Å². The van der Waals surface area contributed by atoms with Crippen molar-refractivity contribution in [2.45, 2.75) is 13.1 Å². The first kappa shape index (κ1) is 18.6. The summed E-state index contributed by atoms with van der Waals surface area (Å²) >= 11 is 3.16. The van der Waals surface area contributed by atoms with E-state index in [9.17, 15) is 33.4 Å². The Morgan fingerprint density at radius 2 is 1.72 bits per heavy atom. The maximum Gasteiger partial charge on any atom is 0.418 e. The number of nitro groups is 2. The van der Waals surface area contributed by atoms with Gasteiger partial charge in [0.15, 0.2) is 0 Å². The molecule has 0 fully saturated rings. The third kappa shape index (κ3) is 4.05. The van der Waals surface area contributed by atoms with E-state index in [0.29, 0.717) is 10.5 Å². The number of rotatable bonds is 4. The zero-order valence-corrected chi connectivity index (χ0v) is 14.0. The van der Waals surface area contributed by atoms with Crippen molar-refractivity contribution < 1.29 is 23.0 Å². The average Bonchev–Trinajstić information content (AvgIpc) is 2.48. The van der Waals surface area contributed by atoms with Gasteiger partial charge >= 0.3 is 6.18 Å². The normalized spacial score (nSPS) is 11.2. The topological polar surface area (TPSA) is 98.3 Å². The quantitative estimate of drug-likeness (QED) is 0.532. The van der Waals surface area contributed by atoms with Crippen molar-refractivity contribution in [1.82, 2.24) is 0 Å². The minimum absolute atomic E-state index is 0.146. The molecule has 0 aliphatic heterocycles. The zero-order chi connectivity index (χ0) is 18.9. The van der Waals surface area contributed by atoms with Crippen LogP contribution in [0.5, 0.6) is 0 Å². The molecule has 2 aromatic carbocycles. The van der Waals surface area contributed by atoms with E-state index in [1.807, 2.05) is 0 Å². The molecule has 0 saturated heterocycles. The van der Waals surface area contributed by atoms with Gasteiger partial charge in [-0.2, -0.15) is 13.2 Å². The van der Waals surface area contributed by atoms with E-state index in [1.54, 1.807) is 19.1 Å². The lowest BCUT2D eigenvalue weighted by molar-refractivity contribution is -0.394. The predicted octanol–water partition coefficient (Wildman–Crippen LogP) is 5.34. The third-order valence-electron chi connectivity index (χ3n) is 3.20. The van der Waals surface area contributed by atoms with Crippen molar-refractivity contribution in [3.8, 4) is 0 Å². The highest BCUT2D eigenvalue weighted by Crippen LogP contribution is 2.44. The van der Waals surface area contributed by atoms with Gasteiger partial charge in [0, 0.05) is 10.5 Å². The smallest absolute Gasteiger partial charge is 0.348 e. The molecule has 0 aromatic heterocycles. The van der Waals surface area contributed by atoms with Crippen molar-refractivity contribution >= 4 is 38.7 Å². The maximum atomic E-state index is 13.3. The van der Waals surface area contributed by atoms with Crippen molar-refractivity contribution in [1.29, 1.82) is 0 Å². The summed E-state index contributed by atoms with van der Waals surface area (Å²) in [6.07, 6.45) is -5.03. The molecule has 132 valence electrons. The molecule has 0 unspecified atom stereocenters. The van der Waals surface area contributed by atoms with Crippen LogP contribution in [0.25, 0.3) is 0 Å². The molecule has 0 radical (unpaired) electrons. The standard InChI is InChI=1S/C14H9BrF3N3O4/c1-7-2-3-11(10(15)4-7)19-13-9(14(16,17)18)5-8(20(22)23)6-12(13)21(24)25/h2-6,19H,1H3. The van der Waals surface area contributed by atoms with Crippen molar-refractivity contribution in [2.24, 2.45) is 0 Å². The van der Waals surface area contributed by atoms with Gasteiger partial charge in [0.25, 0.3) is 11.4 Å². The maximum absolute atomic E-state index is 13.3. The average molecular weight is 420 g/mol. The number of non-ortho nitro benzene ring substituents is 1. The van der Waals surface area contributed by atoms with Gasteiger partial charge in [0.05, 0.1) is 27.2 Å². The minimum atomic E-state index is -5.03. The fourth-order valence-electron chi connectivity index (χ4n) is 2.07. The number of benzene rings is 2. The van der Waals surface area contributed by atoms with Crippen molar-refractivity contribution in [3.63, 3.8) is 0 Å². The molecule has 0 spiro atoms. The van der Waals surface area contributed by atoms with Gasteiger partial charge in [-0.1, -0.05) is 6.07 Å². The second kappa shape index (κ2) is 6.67. The Morgan fingerprint density at radius 1 is 1.08 bits per heavy atom. The molecular formula is C14H9BrF3N3O4. The molecule has 1 N–H and O–H groups in total. The summed E-state index contributed by atoms with van der Waals surface area (Å²) in [6.45, 7) is 1.75. The first-order valence-corrected chi connectivity index (χ1v) is 7.37. The molecule has 0 atom stereocenters. The molecule has 0 aliphatic rings. The molecule has 11 heteroatoms. The molecule has 0 aliphatic carbocycles. The van der Waals surface area contributed by atoms with Crippen LogP contribution in [-0.2, 0) is 6.18 Å². The molecular weight excluding hydrogens is 411 g/mol. The lowest BCUT2D eigenvalue weighted by Gasteiger charge is -2.15. The van der Waals surface area contributed by atoms with E-state index in [2.05, 4.69) is 21.2 Å². The number of alkyl halides is 3. The van der Waals surface area contributed by atoms with E-state index in [1.165, 1.54) is 6.07 Å². The van der Waals surface area contributed by atoms with E-state index in [4.69, 9.17) is 0 Å². The summed E-state index contributed by atoms with van der Waals surface area (Å²) in [5.41, 5.74) is -3.48. The molecule has 0 heterocycles. The Bertz CT molecular complexity index is 871. The van der Waals surface area contributed by atoms with Gasteiger partial charge in [-0.3, -0.25) is 20.2 Å². The number of hydrogen-bond donors (Lipinski definition) is 1. The Morgan fingerprint density at radius 3 is 2.20 bits per heavy atom. The van der Waals surface area contributed by atoms with Crippen molar-refractivity contribution in [3.05, 3.63) is 66.2 Å². The van der Waals surface area contributed by atoms with Crippen LogP contribution in [0.4, 0.5) is 35.9 Å². The Hall–Kier alpha value is -2.69. The van der Waals surface area contributed by atoms with Crippen LogP contribution >= 0.6 is 15.9 Å². The lowest BCUT2D eigenvalue weighted by Crippen LogP contribution is -2.12.